The molecular weight excluding hydrogens is 284 g/mol. The van der Waals surface area contributed by atoms with Crippen molar-refractivity contribution in [3.05, 3.63) is 17.3 Å². The smallest absolute Gasteiger partial charge is 0.195 e. The highest BCUT2D eigenvalue weighted by Crippen LogP contribution is 2.27. The van der Waals surface area contributed by atoms with E-state index in [1.54, 1.807) is 18.4 Å². The summed E-state index contributed by atoms with van der Waals surface area (Å²) in [6.07, 6.45) is 3.90. The van der Waals surface area contributed by atoms with Gasteiger partial charge >= 0.3 is 0 Å². The number of fused-ring (bicyclic) bond motifs is 1. The Hall–Kier alpha value is -1.11. The lowest BCUT2D eigenvalue weighted by atomic mass is 10.1. The fraction of sp³-hybridized carbons (Fsp3) is 0.667. The van der Waals surface area contributed by atoms with Gasteiger partial charge in [0.1, 0.15) is 0 Å². The highest BCUT2D eigenvalue weighted by atomic mass is 32.1. The molecule has 0 aliphatic heterocycles. The van der Waals surface area contributed by atoms with Gasteiger partial charge in [-0.2, -0.15) is 0 Å². The quantitative estimate of drug-likeness (QED) is 0.814. The van der Waals surface area contributed by atoms with Crippen LogP contribution in [0.15, 0.2) is 11.6 Å². The number of methoxy groups -OCH3 is 1. The molecule has 0 saturated heterocycles. The molecular formula is C15H26N4OS. The second-order valence-electron chi connectivity index (χ2n) is 5.40. The monoisotopic (exact) mass is 310 g/mol. The first kappa shape index (κ1) is 16.3. The maximum atomic E-state index is 6.19. The van der Waals surface area contributed by atoms with E-state index in [1.807, 2.05) is 0 Å². The van der Waals surface area contributed by atoms with Crippen molar-refractivity contribution in [3.63, 3.8) is 0 Å². The fourth-order valence-electron chi connectivity index (χ4n) is 2.63. The van der Waals surface area contributed by atoms with Crippen molar-refractivity contribution in [2.45, 2.75) is 45.7 Å². The first-order valence-corrected chi connectivity index (χ1v) is 8.45. The number of nitrogens with two attached hydrogens (primary N) is 1. The van der Waals surface area contributed by atoms with Crippen LogP contribution in [0, 0.1) is 0 Å². The van der Waals surface area contributed by atoms with Gasteiger partial charge in [-0.3, -0.25) is 4.40 Å². The van der Waals surface area contributed by atoms with Gasteiger partial charge in [0.15, 0.2) is 10.8 Å². The van der Waals surface area contributed by atoms with Gasteiger partial charge in [0.2, 0.25) is 0 Å². The van der Waals surface area contributed by atoms with Crippen LogP contribution in [0.4, 0.5) is 5.82 Å². The zero-order chi connectivity index (χ0) is 15.4. The van der Waals surface area contributed by atoms with Gasteiger partial charge in [-0.15, -0.1) is 11.3 Å². The molecule has 2 atom stereocenters. The van der Waals surface area contributed by atoms with Crippen LogP contribution >= 0.6 is 11.3 Å². The first-order chi connectivity index (χ1) is 10.1. The van der Waals surface area contributed by atoms with Crippen molar-refractivity contribution < 1.29 is 4.74 Å². The Morgan fingerprint density at radius 1 is 1.48 bits per heavy atom. The van der Waals surface area contributed by atoms with Crippen molar-refractivity contribution in [1.29, 1.82) is 0 Å². The van der Waals surface area contributed by atoms with E-state index in [0.717, 1.165) is 30.2 Å². The highest BCUT2D eigenvalue weighted by Gasteiger charge is 2.22. The van der Waals surface area contributed by atoms with Crippen LogP contribution in [0.1, 0.15) is 32.9 Å². The predicted octanol–water partition coefficient (Wildman–Crippen LogP) is 2.54. The van der Waals surface area contributed by atoms with Crippen LogP contribution in [0.5, 0.6) is 0 Å². The van der Waals surface area contributed by atoms with Gasteiger partial charge in [-0.1, -0.05) is 6.92 Å². The third kappa shape index (κ3) is 3.39. The number of imidazole rings is 1. The van der Waals surface area contributed by atoms with E-state index in [0.29, 0.717) is 12.6 Å². The molecule has 2 aromatic rings. The maximum absolute atomic E-state index is 6.19. The van der Waals surface area contributed by atoms with Crippen LogP contribution in [0.3, 0.4) is 0 Å². The molecule has 0 aliphatic rings. The molecule has 2 aromatic heterocycles. The van der Waals surface area contributed by atoms with E-state index in [1.165, 1.54) is 5.69 Å². The Bertz CT molecular complexity index is 565. The maximum Gasteiger partial charge on any atom is 0.195 e. The van der Waals surface area contributed by atoms with Crippen LogP contribution in [0.25, 0.3) is 4.96 Å². The molecule has 2 heterocycles. The summed E-state index contributed by atoms with van der Waals surface area (Å²) in [5.41, 5.74) is 7.40. The second kappa shape index (κ2) is 7.24. The molecule has 2 unspecified atom stereocenters. The van der Waals surface area contributed by atoms with Crippen molar-refractivity contribution >= 4 is 22.1 Å². The highest BCUT2D eigenvalue weighted by molar-refractivity contribution is 7.15. The number of hydrogen-bond acceptors (Lipinski definition) is 5. The van der Waals surface area contributed by atoms with Crippen LogP contribution in [0.2, 0.25) is 0 Å². The van der Waals surface area contributed by atoms with Crippen molar-refractivity contribution in [1.82, 2.24) is 9.38 Å². The SMILES string of the molecule is CCC(N)Cc1c(N(CC)C(C)COC)nc2sccn12. The van der Waals surface area contributed by atoms with E-state index in [9.17, 15) is 0 Å². The number of thiazole rings is 1. The summed E-state index contributed by atoms with van der Waals surface area (Å²) in [5, 5.41) is 2.07. The van der Waals surface area contributed by atoms with Crippen molar-refractivity contribution in [2.75, 3.05) is 25.2 Å². The Morgan fingerprint density at radius 3 is 2.86 bits per heavy atom. The average Bonchev–Trinajstić information content (AvgIpc) is 3.03. The minimum atomic E-state index is 0.167. The summed E-state index contributed by atoms with van der Waals surface area (Å²) in [6, 6.07) is 0.459. The van der Waals surface area contributed by atoms with E-state index in [-0.39, 0.29) is 6.04 Å². The van der Waals surface area contributed by atoms with Gasteiger partial charge in [0.05, 0.1) is 18.3 Å². The minimum Gasteiger partial charge on any atom is -0.383 e. The topological polar surface area (TPSA) is 55.8 Å². The molecule has 118 valence electrons. The van der Waals surface area contributed by atoms with Gasteiger partial charge < -0.3 is 15.4 Å². The molecule has 0 bridgehead atoms. The van der Waals surface area contributed by atoms with E-state index < -0.39 is 0 Å². The molecule has 21 heavy (non-hydrogen) atoms. The summed E-state index contributed by atoms with van der Waals surface area (Å²) in [6.45, 7) is 8.05. The van der Waals surface area contributed by atoms with E-state index >= 15 is 0 Å². The summed E-state index contributed by atoms with van der Waals surface area (Å²) in [7, 11) is 1.74. The van der Waals surface area contributed by atoms with Gasteiger partial charge in [-0.05, 0) is 20.3 Å². The minimum absolute atomic E-state index is 0.167. The lowest BCUT2D eigenvalue weighted by Crippen LogP contribution is -2.37. The Balaban J connectivity index is 2.40. The molecule has 0 saturated carbocycles. The molecule has 6 heteroatoms. The Labute approximate surface area is 130 Å². The molecule has 0 spiro atoms. The summed E-state index contributed by atoms with van der Waals surface area (Å²) in [4.78, 5) is 8.17. The lowest BCUT2D eigenvalue weighted by Gasteiger charge is -2.29. The number of likely N-dealkylation sites (N-methyl/N-ethyl adjacent to an activating group) is 1. The number of anilines is 1. The summed E-state index contributed by atoms with van der Waals surface area (Å²) >= 11 is 1.66. The number of hydrogen-bond donors (Lipinski definition) is 1. The Kier molecular flexibility index (Phi) is 5.61. The molecule has 0 fully saturated rings. The molecule has 0 aliphatic carbocycles. The predicted molar refractivity (Wildman–Crippen MR) is 89.4 cm³/mol. The van der Waals surface area contributed by atoms with Gasteiger partial charge in [0.25, 0.3) is 0 Å². The fourth-order valence-corrected chi connectivity index (χ4v) is 3.36. The number of rotatable bonds is 8. The number of ether oxygens (including phenoxy) is 1. The summed E-state index contributed by atoms with van der Waals surface area (Å²) in [5.74, 6) is 1.05. The molecule has 2 N–H and O–H groups in total. The van der Waals surface area contributed by atoms with Crippen LogP contribution in [-0.2, 0) is 11.2 Å². The third-order valence-corrected chi connectivity index (χ3v) is 4.63. The number of nitrogens with zero attached hydrogens (tertiary/aromatic N) is 3. The zero-order valence-electron chi connectivity index (χ0n) is 13.4. The van der Waals surface area contributed by atoms with E-state index in [4.69, 9.17) is 15.5 Å². The summed E-state index contributed by atoms with van der Waals surface area (Å²) < 4.78 is 7.49. The molecule has 2 rings (SSSR count). The first-order valence-electron chi connectivity index (χ1n) is 7.57. The van der Waals surface area contributed by atoms with Crippen molar-refractivity contribution in [2.24, 2.45) is 5.73 Å². The largest absolute Gasteiger partial charge is 0.383 e. The zero-order valence-corrected chi connectivity index (χ0v) is 14.2. The van der Waals surface area contributed by atoms with E-state index in [2.05, 4.69) is 41.6 Å². The third-order valence-electron chi connectivity index (χ3n) is 3.87. The standard InChI is InChI=1S/C15H26N4OS/c1-5-12(16)9-13-14(17-15-19(13)7-8-21-15)18(6-2)11(3)10-20-4/h7-8,11-12H,5-6,9-10,16H2,1-4H3. The van der Waals surface area contributed by atoms with Gasteiger partial charge in [-0.25, -0.2) is 4.98 Å². The average molecular weight is 310 g/mol. The normalized spacial score (nSPS) is 14.5. The van der Waals surface area contributed by atoms with Crippen molar-refractivity contribution in [3.8, 4) is 0 Å². The Morgan fingerprint density at radius 2 is 2.24 bits per heavy atom. The van der Waals surface area contributed by atoms with Crippen LogP contribution < -0.4 is 10.6 Å². The molecule has 5 nitrogen and oxygen atoms in total. The van der Waals surface area contributed by atoms with Crippen LogP contribution in [-0.4, -0.2) is 41.7 Å². The lowest BCUT2D eigenvalue weighted by molar-refractivity contribution is 0.181. The second-order valence-corrected chi connectivity index (χ2v) is 6.27. The molecule has 0 aromatic carbocycles. The number of aromatic nitrogens is 2. The molecule has 0 radical (unpaired) electrons. The van der Waals surface area contributed by atoms with Gasteiger partial charge in [0, 0.05) is 37.7 Å². The molecule has 0 amide bonds.